The monoisotopic (exact) mass is 311 g/mol. The number of anilines is 1. The van der Waals surface area contributed by atoms with Crippen LogP contribution in [0.5, 0.6) is 0 Å². The minimum atomic E-state index is 0.442. The minimum Gasteiger partial charge on any atom is -0.384 e. The Labute approximate surface area is 128 Å². The van der Waals surface area contributed by atoms with Crippen LogP contribution in [0.3, 0.4) is 0 Å². The predicted octanol–water partition coefficient (Wildman–Crippen LogP) is 5.59. The highest BCUT2D eigenvalue weighted by Crippen LogP contribution is 2.30. The van der Waals surface area contributed by atoms with Gasteiger partial charge >= 0.3 is 0 Å². The van der Waals surface area contributed by atoms with Gasteiger partial charge in [0.05, 0.1) is 10.0 Å². The molecule has 1 N–H and O–H groups in total. The summed E-state index contributed by atoms with van der Waals surface area (Å²) in [5.41, 5.74) is 1.14. The van der Waals surface area contributed by atoms with Crippen molar-refractivity contribution in [1.29, 1.82) is 0 Å². The SMILES string of the molecule is CC(CNc1ccccc1)Sc1ccc(Cl)c(Cl)c1. The van der Waals surface area contributed by atoms with Crippen molar-refractivity contribution >= 4 is 40.7 Å². The van der Waals surface area contributed by atoms with Crippen LogP contribution >= 0.6 is 35.0 Å². The molecule has 100 valence electrons. The summed E-state index contributed by atoms with van der Waals surface area (Å²) in [6.07, 6.45) is 0. The van der Waals surface area contributed by atoms with Crippen LogP contribution in [0, 0.1) is 0 Å². The number of nitrogens with one attached hydrogen (secondary N) is 1. The van der Waals surface area contributed by atoms with Gasteiger partial charge in [-0.3, -0.25) is 0 Å². The second kappa shape index (κ2) is 7.09. The van der Waals surface area contributed by atoms with Crippen LogP contribution in [-0.4, -0.2) is 11.8 Å². The normalized spacial score (nSPS) is 12.2. The second-order valence-corrected chi connectivity index (χ2v) is 6.58. The molecule has 0 heterocycles. The molecule has 1 unspecified atom stereocenters. The molecule has 0 aliphatic heterocycles. The van der Waals surface area contributed by atoms with Gasteiger partial charge in [0.25, 0.3) is 0 Å². The average Bonchev–Trinajstić information content (AvgIpc) is 2.42. The Kier molecular flexibility index (Phi) is 5.44. The minimum absolute atomic E-state index is 0.442. The summed E-state index contributed by atoms with van der Waals surface area (Å²) in [7, 11) is 0. The highest BCUT2D eigenvalue weighted by molar-refractivity contribution is 8.00. The Bertz CT molecular complexity index is 531. The summed E-state index contributed by atoms with van der Waals surface area (Å²) in [5.74, 6) is 0. The van der Waals surface area contributed by atoms with E-state index in [9.17, 15) is 0 Å². The zero-order chi connectivity index (χ0) is 13.7. The van der Waals surface area contributed by atoms with Crippen LogP contribution in [0.25, 0.3) is 0 Å². The van der Waals surface area contributed by atoms with Crippen LogP contribution in [0.1, 0.15) is 6.92 Å². The smallest absolute Gasteiger partial charge is 0.0603 e. The second-order valence-electron chi connectivity index (χ2n) is 4.25. The fourth-order valence-corrected chi connectivity index (χ4v) is 2.97. The summed E-state index contributed by atoms with van der Waals surface area (Å²) in [5, 5.41) is 5.06. The number of hydrogen-bond donors (Lipinski definition) is 1. The van der Waals surface area contributed by atoms with Crippen molar-refractivity contribution in [3.8, 4) is 0 Å². The van der Waals surface area contributed by atoms with E-state index in [2.05, 4.69) is 24.4 Å². The van der Waals surface area contributed by atoms with Crippen LogP contribution in [0.4, 0.5) is 5.69 Å². The zero-order valence-electron chi connectivity index (χ0n) is 10.6. The number of benzene rings is 2. The van der Waals surface area contributed by atoms with Crippen molar-refractivity contribution in [2.75, 3.05) is 11.9 Å². The summed E-state index contributed by atoms with van der Waals surface area (Å²) in [6.45, 7) is 3.08. The number of thioether (sulfide) groups is 1. The van der Waals surface area contributed by atoms with E-state index < -0.39 is 0 Å². The molecule has 0 fully saturated rings. The average molecular weight is 312 g/mol. The van der Waals surface area contributed by atoms with Crippen LogP contribution in [-0.2, 0) is 0 Å². The van der Waals surface area contributed by atoms with Crippen molar-refractivity contribution in [3.63, 3.8) is 0 Å². The lowest BCUT2D eigenvalue weighted by Gasteiger charge is -2.13. The van der Waals surface area contributed by atoms with Gasteiger partial charge < -0.3 is 5.32 Å². The lowest BCUT2D eigenvalue weighted by molar-refractivity contribution is 0.999. The highest BCUT2D eigenvalue weighted by Gasteiger charge is 2.06. The predicted molar refractivity (Wildman–Crippen MR) is 86.7 cm³/mol. The Hall–Kier alpha value is -0.830. The highest BCUT2D eigenvalue weighted by atomic mass is 35.5. The molecule has 0 radical (unpaired) electrons. The fraction of sp³-hybridized carbons (Fsp3) is 0.200. The van der Waals surface area contributed by atoms with E-state index in [4.69, 9.17) is 23.2 Å². The first-order valence-corrected chi connectivity index (χ1v) is 7.69. The summed E-state index contributed by atoms with van der Waals surface area (Å²) in [6, 6.07) is 15.9. The standard InChI is InChI=1S/C15H15Cl2NS/c1-11(10-18-12-5-3-2-4-6-12)19-13-7-8-14(16)15(17)9-13/h2-9,11,18H,10H2,1H3. The lowest BCUT2D eigenvalue weighted by Crippen LogP contribution is -2.12. The number of para-hydroxylation sites is 1. The molecule has 19 heavy (non-hydrogen) atoms. The first-order chi connectivity index (χ1) is 9.15. The van der Waals surface area contributed by atoms with E-state index in [1.807, 2.05) is 36.4 Å². The van der Waals surface area contributed by atoms with E-state index in [1.165, 1.54) is 0 Å². The summed E-state index contributed by atoms with van der Waals surface area (Å²) in [4.78, 5) is 1.14. The van der Waals surface area contributed by atoms with E-state index >= 15 is 0 Å². The van der Waals surface area contributed by atoms with Gasteiger partial charge in [-0.15, -0.1) is 11.8 Å². The molecule has 0 saturated heterocycles. The van der Waals surface area contributed by atoms with Crippen molar-refractivity contribution in [3.05, 3.63) is 58.6 Å². The largest absolute Gasteiger partial charge is 0.384 e. The van der Waals surface area contributed by atoms with E-state index in [1.54, 1.807) is 11.8 Å². The first kappa shape index (κ1) is 14.6. The molecule has 2 aromatic rings. The van der Waals surface area contributed by atoms with Gasteiger partial charge in [-0.1, -0.05) is 48.3 Å². The summed E-state index contributed by atoms with van der Waals surface area (Å²) >= 11 is 13.7. The molecule has 4 heteroatoms. The lowest BCUT2D eigenvalue weighted by atomic mass is 10.3. The molecule has 0 aromatic heterocycles. The Morgan fingerprint density at radius 1 is 1.05 bits per heavy atom. The molecule has 0 saturated carbocycles. The third-order valence-electron chi connectivity index (χ3n) is 2.60. The molecule has 1 nitrogen and oxygen atoms in total. The van der Waals surface area contributed by atoms with Crippen molar-refractivity contribution in [1.82, 2.24) is 0 Å². The van der Waals surface area contributed by atoms with Gasteiger partial charge in [-0.25, -0.2) is 0 Å². The van der Waals surface area contributed by atoms with Crippen molar-refractivity contribution in [2.45, 2.75) is 17.1 Å². The van der Waals surface area contributed by atoms with Gasteiger partial charge in [0.2, 0.25) is 0 Å². The van der Waals surface area contributed by atoms with E-state index in [-0.39, 0.29) is 0 Å². The van der Waals surface area contributed by atoms with Gasteiger partial charge in [0.15, 0.2) is 0 Å². The number of rotatable bonds is 5. The van der Waals surface area contributed by atoms with Crippen LogP contribution in [0.15, 0.2) is 53.4 Å². The van der Waals surface area contributed by atoms with Gasteiger partial charge in [0.1, 0.15) is 0 Å². The molecule has 1 atom stereocenters. The molecule has 2 aromatic carbocycles. The third-order valence-corrected chi connectivity index (χ3v) is 4.43. The van der Waals surface area contributed by atoms with Gasteiger partial charge in [-0.2, -0.15) is 0 Å². The molecular weight excluding hydrogens is 297 g/mol. The van der Waals surface area contributed by atoms with Crippen LogP contribution < -0.4 is 5.32 Å². The van der Waals surface area contributed by atoms with E-state index in [0.717, 1.165) is 17.1 Å². The number of halogens is 2. The quantitative estimate of drug-likeness (QED) is 0.723. The van der Waals surface area contributed by atoms with Crippen LogP contribution in [0.2, 0.25) is 10.0 Å². The van der Waals surface area contributed by atoms with E-state index in [0.29, 0.717) is 15.3 Å². The van der Waals surface area contributed by atoms with Gasteiger partial charge in [0, 0.05) is 22.4 Å². The first-order valence-electron chi connectivity index (χ1n) is 6.06. The molecule has 0 bridgehead atoms. The van der Waals surface area contributed by atoms with Crippen molar-refractivity contribution in [2.24, 2.45) is 0 Å². The fourth-order valence-electron chi connectivity index (χ4n) is 1.64. The molecule has 0 amide bonds. The molecule has 2 rings (SSSR count). The van der Waals surface area contributed by atoms with Gasteiger partial charge in [-0.05, 0) is 30.3 Å². The Balaban J connectivity index is 1.87. The summed E-state index contributed by atoms with van der Waals surface area (Å²) < 4.78 is 0. The maximum absolute atomic E-state index is 6.01. The zero-order valence-corrected chi connectivity index (χ0v) is 12.9. The molecule has 0 aliphatic carbocycles. The molecule has 0 aliphatic rings. The number of hydrogen-bond acceptors (Lipinski definition) is 2. The maximum atomic E-state index is 6.01. The Morgan fingerprint density at radius 2 is 1.79 bits per heavy atom. The Morgan fingerprint density at radius 3 is 2.47 bits per heavy atom. The molecular formula is C15H15Cl2NS. The van der Waals surface area contributed by atoms with Crippen molar-refractivity contribution < 1.29 is 0 Å². The molecule has 0 spiro atoms. The maximum Gasteiger partial charge on any atom is 0.0603 e. The topological polar surface area (TPSA) is 12.0 Å². The third kappa shape index (κ3) is 4.64.